The van der Waals surface area contributed by atoms with Gasteiger partial charge in [0.15, 0.2) is 5.78 Å². The largest absolute Gasteiger partial charge is 0.507 e. The highest BCUT2D eigenvalue weighted by Crippen LogP contribution is 2.22. The Morgan fingerprint density at radius 2 is 2.12 bits per heavy atom. The van der Waals surface area contributed by atoms with Crippen molar-refractivity contribution in [3.8, 4) is 5.75 Å². The van der Waals surface area contributed by atoms with Gasteiger partial charge in [0.1, 0.15) is 5.75 Å². The highest BCUT2D eigenvalue weighted by molar-refractivity contribution is 7.10. The fourth-order valence-corrected chi connectivity index (χ4v) is 2.11. The number of rotatable bonds is 3. The van der Waals surface area contributed by atoms with Gasteiger partial charge in [0.25, 0.3) is 0 Å². The number of para-hydroxylation sites is 1. The van der Waals surface area contributed by atoms with E-state index in [9.17, 15) is 9.90 Å². The van der Waals surface area contributed by atoms with Gasteiger partial charge in [-0.05, 0) is 42.2 Å². The number of aryl methyl sites for hydroxylation is 1. The number of ketones is 1. The number of benzene rings is 1. The number of phenolic OH excluding ortho intramolecular Hbond substituents is 1. The van der Waals surface area contributed by atoms with Gasteiger partial charge < -0.3 is 5.11 Å². The first-order valence-electron chi connectivity index (χ1n) is 5.23. The number of hydrogen-bond donors (Lipinski definition) is 1. The summed E-state index contributed by atoms with van der Waals surface area (Å²) < 4.78 is 0. The number of allylic oxidation sites excluding steroid dienone is 1. The Kier molecular flexibility index (Phi) is 3.40. The predicted molar refractivity (Wildman–Crippen MR) is 70.5 cm³/mol. The second-order valence-corrected chi connectivity index (χ2v) is 4.66. The molecule has 1 aromatic carbocycles. The summed E-state index contributed by atoms with van der Waals surface area (Å²) in [4.78, 5) is 12.9. The van der Waals surface area contributed by atoms with E-state index < -0.39 is 0 Å². The van der Waals surface area contributed by atoms with Gasteiger partial charge in [0, 0.05) is 4.88 Å². The molecule has 1 N–H and O–H groups in total. The van der Waals surface area contributed by atoms with Gasteiger partial charge >= 0.3 is 0 Å². The van der Waals surface area contributed by atoms with Crippen molar-refractivity contribution in [2.75, 3.05) is 0 Å². The zero-order valence-corrected chi connectivity index (χ0v) is 10.2. The van der Waals surface area contributed by atoms with Gasteiger partial charge in [0.2, 0.25) is 0 Å². The quantitative estimate of drug-likeness (QED) is 0.661. The molecule has 3 heteroatoms. The average molecular weight is 244 g/mol. The van der Waals surface area contributed by atoms with Crippen molar-refractivity contribution < 1.29 is 9.90 Å². The fraction of sp³-hybridized carbons (Fsp3) is 0.0714. The van der Waals surface area contributed by atoms with Crippen LogP contribution in [0.5, 0.6) is 5.75 Å². The first kappa shape index (κ1) is 11.6. The molecule has 0 aliphatic rings. The van der Waals surface area contributed by atoms with Crippen molar-refractivity contribution >= 4 is 23.2 Å². The molecule has 0 radical (unpaired) electrons. The Hall–Kier alpha value is -1.87. The van der Waals surface area contributed by atoms with Crippen LogP contribution in [0.1, 0.15) is 20.8 Å². The van der Waals surface area contributed by atoms with Crippen LogP contribution in [0.15, 0.2) is 41.8 Å². The van der Waals surface area contributed by atoms with Crippen molar-refractivity contribution in [2.24, 2.45) is 0 Å². The molecule has 0 aliphatic carbocycles. The van der Waals surface area contributed by atoms with Crippen molar-refractivity contribution in [2.45, 2.75) is 6.92 Å². The maximum atomic E-state index is 11.9. The fourth-order valence-electron chi connectivity index (χ4n) is 1.49. The van der Waals surface area contributed by atoms with E-state index in [-0.39, 0.29) is 11.5 Å². The Labute approximate surface area is 104 Å². The summed E-state index contributed by atoms with van der Waals surface area (Å²) in [5.74, 6) is -0.118. The number of hydrogen-bond acceptors (Lipinski definition) is 3. The molecule has 0 bridgehead atoms. The topological polar surface area (TPSA) is 37.3 Å². The van der Waals surface area contributed by atoms with E-state index in [1.54, 1.807) is 42.5 Å². The van der Waals surface area contributed by atoms with Crippen LogP contribution in [0.3, 0.4) is 0 Å². The highest BCUT2D eigenvalue weighted by Gasteiger charge is 2.09. The number of phenols is 1. The van der Waals surface area contributed by atoms with Crippen LogP contribution in [0.4, 0.5) is 0 Å². The van der Waals surface area contributed by atoms with Crippen molar-refractivity contribution in [1.29, 1.82) is 0 Å². The summed E-state index contributed by atoms with van der Waals surface area (Å²) in [6, 6.07) is 9.03. The molecule has 0 atom stereocenters. The molecule has 1 aromatic heterocycles. The van der Waals surface area contributed by atoms with Gasteiger partial charge in [-0.1, -0.05) is 18.2 Å². The van der Waals surface area contributed by atoms with E-state index in [1.807, 2.05) is 17.5 Å². The van der Waals surface area contributed by atoms with E-state index in [1.165, 1.54) is 6.08 Å². The van der Waals surface area contributed by atoms with E-state index in [0.717, 1.165) is 4.88 Å². The lowest BCUT2D eigenvalue weighted by atomic mass is 10.1. The molecule has 0 spiro atoms. The molecule has 2 nitrogen and oxygen atoms in total. The third kappa shape index (κ3) is 2.63. The minimum absolute atomic E-state index is 0.0633. The maximum absolute atomic E-state index is 11.9. The Morgan fingerprint density at radius 1 is 1.29 bits per heavy atom. The standard InChI is InChI=1S/C14H12O2S/c1-10-4-2-6-12(14(10)16)13(15)8-7-11-5-3-9-17-11/h2-9,16H,1H3/b8-7+. The molecule has 2 rings (SSSR count). The van der Waals surface area contributed by atoms with Crippen LogP contribution in [-0.4, -0.2) is 10.9 Å². The SMILES string of the molecule is Cc1cccc(C(=O)/C=C/c2cccs2)c1O. The third-order valence-electron chi connectivity index (χ3n) is 2.45. The third-order valence-corrected chi connectivity index (χ3v) is 3.28. The summed E-state index contributed by atoms with van der Waals surface area (Å²) in [6.07, 6.45) is 3.25. The van der Waals surface area contributed by atoms with Crippen LogP contribution in [-0.2, 0) is 0 Å². The smallest absolute Gasteiger partial charge is 0.189 e. The molecular formula is C14H12O2S. The molecule has 1 heterocycles. The summed E-state index contributed by atoms with van der Waals surface area (Å²) in [7, 11) is 0. The Balaban J connectivity index is 2.23. The zero-order chi connectivity index (χ0) is 12.3. The van der Waals surface area contributed by atoms with Gasteiger partial charge in [-0.2, -0.15) is 0 Å². The molecule has 0 aliphatic heterocycles. The molecular weight excluding hydrogens is 232 g/mol. The summed E-state index contributed by atoms with van der Waals surface area (Å²) in [5.41, 5.74) is 1.05. The van der Waals surface area contributed by atoms with E-state index >= 15 is 0 Å². The lowest BCUT2D eigenvalue weighted by Gasteiger charge is -2.02. The summed E-state index contributed by atoms with van der Waals surface area (Å²) >= 11 is 1.57. The number of carbonyl (C=O) groups is 1. The van der Waals surface area contributed by atoms with Crippen LogP contribution in [0, 0.1) is 6.92 Å². The molecule has 0 unspecified atom stereocenters. The first-order chi connectivity index (χ1) is 8.18. The van der Waals surface area contributed by atoms with Crippen LogP contribution >= 0.6 is 11.3 Å². The Morgan fingerprint density at radius 3 is 2.82 bits per heavy atom. The van der Waals surface area contributed by atoms with Crippen molar-refractivity contribution in [3.63, 3.8) is 0 Å². The van der Waals surface area contributed by atoms with Crippen LogP contribution < -0.4 is 0 Å². The van der Waals surface area contributed by atoms with Gasteiger partial charge in [-0.3, -0.25) is 4.79 Å². The minimum Gasteiger partial charge on any atom is -0.507 e. The number of aromatic hydroxyl groups is 1. The van der Waals surface area contributed by atoms with Gasteiger partial charge in [-0.15, -0.1) is 11.3 Å². The molecule has 86 valence electrons. The molecule has 0 amide bonds. The molecule has 0 saturated carbocycles. The van der Waals surface area contributed by atoms with Crippen molar-refractivity contribution in [1.82, 2.24) is 0 Å². The molecule has 0 fully saturated rings. The first-order valence-corrected chi connectivity index (χ1v) is 6.11. The zero-order valence-electron chi connectivity index (χ0n) is 9.38. The monoisotopic (exact) mass is 244 g/mol. The maximum Gasteiger partial charge on any atom is 0.189 e. The molecule has 17 heavy (non-hydrogen) atoms. The second kappa shape index (κ2) is 4.97. The minimum atomic E-state index is -0.181. The van der Waals surface area contributed by atoms with Crippen LogP contribution in [0.2, 0.25) is 0 Å². The van der Waals surface area contributed by atoms with Gasteiger partial charge in [-0.25, -0.2) is 0 Å². The highest BCUT2D eigenvalue weighted by atomic mass is 32.1. The second-order valence-electron chi connectivity index (χ2n) is 3.68. The predicted octanol–water partition coefficient (Wildman–Crippen LogP) is 3.66. The van der Waals surface area contributed by atoms with E-state index in [2.05, 4.69) is 0 Å². The summed E-state index contributed by atoms with van der Waals surface area (Å²) in [6.45, 7) is 1.77. The number of carbonyl (C=O) groups excluding carboxylic acids is 1. The van der Waals surface area contributed by atoms with Crippen LogP contribution in [0.25, 0.3) is 6.08 Å². The lowest BCUT2D eigenvalue weighted by Crippen LogP contribution is -1.95. The Bertz CT molecular complexity index is 554. The van der Waals surface area contributed by atoms with E-state index in [4.69, 9.17) is 0 Å². The van der Waals surface area contributed by atoms with Crippen molar-refractivity contribution in [3.05, 3.63) is 57.8 Å². The van der Waals surface area contributed by atoms with Gasteiger partial charge in [0.05, 0.1) is 5.56 Å². The molecule has 2 aromatic rings. The average Bonchev–Trinajstić information content (AvgIpc) is 2.82. The normalized spacial score (nSPS) is 10.9. The molecule has 0 saturated heterocycles. The van der Waals surface area contributed by atoms with E-state index in [0.29, 0.717) is 11.1 Å². The number of thiophene rings is 1. The summed E-state index contributed by atoms with van der Waals surface area (Å²) in [5, 5.41) is 11.7. The lowest BCUT2D eigenvalue weighted by molar-refractivity contribution is 0.104.